The molecule has 1 unspecified atom stereocenters. The van der Waals surface area contributed by atoms with Gasteiger partial charge in [-0.15, -0.1) is 10.2 Å². The average molecular weight is 475 g/mol. The van der Waals surface area contributed by atoms with E-state index < -0.39 is 0 Å². The molecule has 8 heteroatoms. The molecule has 0 amide bonds. The molecule has 0 spiro atoms. The molecule has 0 saturated carbocycles. The largest absolute Gasteiger partial charge is 0.409 e. The molecular formula is C25H19ClN4O2S. The van der Waals surface area contributed by atoms with E-state index in [0.717, 1.165) is 11.1 Å². The molecule has 2 aromatic heterocycles. The molecule has 0 aliphatic heterocycles. The summed E-state index contributed by atoms with van der Waals surface area (Å²) in [4.78, 5) is 13.1. The molecular weight excluding hydrogens is 456 g/mol. The molecule has 6 nitrogen and oxygen atoms in total. The van der Waals surface area contributed by atoms with E-state index in [0.29, 0.717) is 33.3 Å². The maximum Gasteiger partial charge on any atom is 0.277 e. The minimum Gasteiger partial charge on any atom is -0.409 e. The topological polar surface area (TPSA) is 73.8 Å². The summed E-state index contributed by atoms with van der Waals surface area (Å²) in [5, 5.41) is 15.4. The van der Waals surface area contributed by atoms with Crippen molar-refractivity contribution in [1.82, 2.24) is 20.0 Å². The summed E-state index contributed by atoms with van der Waals surface area (Å²) in [6.07, 6.45) is 0. The maximum atomic E-state index is 13.1. The molecule has 0 aliphatic rings. The monoisotopic (exact) mass is 474 g/mol. The molecule has 0 bridgehead atoms. The van der Waals surface area contributed by atoms with Crippen LogP contribution in [-0.4, -0.2) is 20.0 Å². The lowest BCUT2D eigenvalue weighted by atomic mass is 10.1. The minimum absolute atomic E-state index is 0.0173. The highest BCUT2D eigenvalue weighted by Crippen LogP contribution is 2.38. The predicted octanol–water partition coefficient (Wildman–Crippen LogP) is 6.00. The van der Waals surface area contributed by atoms with Crippen molar-refractivity contribution in [1.29, 1.82) is 0 Å². The van der Waals surface area contributed by atoms with E-state index in [1.165, 1.54) is 16.4 Å². The number of halogens is 1. The summed E-state index contributed by atoms with van der Waals surface area (Å²) < 4.78 is 7.42. The van der Waals surface area contributed by atoms with Crippen LogP contribution in [-0.2, 0) is 6.54 Å². The van der Waals surface area contributed by atoms with Crippen LogP contribution in [0.4, 0.5) is 0 Å². The number of nitrogens with zero attached hydrogens (tertiary/aromatic N) is 4. The molecule has 164 valence electrons. The molecule has 0 saturated heterocycles. The second kappa shape index (κ2) is 9.21. The molecule has 2 heterocycles. The van der Waals surface area contributed by atoms with Gasteiger partial charge in [0.2, 0.25) is 0 Å². The van der Waals surface area contributed by atoms with Gasteiger partial charge in [-0.1, -0.05) is 90.1 Å². The molecule has 33 heavy (non-hydrogen) atoms. The summed E-state index contributed by atoms with van der Waals surface area (Å²) >= 11 is 7.75. The molecule has 3 aromatic carbocycles. The van der Waals surface area contributed by atoms with Crippen molar-refractivity contribution in [3.8, 4) is 11.6 Å². The second-order valence-electron chi connectivity index (χ2n) is 7.50. The number of rotatable bonds is 6. The van der Waals surface area contributed by atoms with Gasteiger partial charge in [0, 0.05) is 15.7 Å². The minimum atomic E-state index is -0.167. The van der Waals surface area contributed by atoms with Gasteiger partial charge in [0.25, 0.3) is 16.7 Å². The van der Waals surface area contributed by atoms with E-state index in [-0.39, 0.29) is 16.7 Å². The van der Waals surface area contributed by atoms with Gasteiger partial charge in [0.1, 0.15) is 0 Å². The molecule has 0 aliphatic carbocycles. The van der Waals surface area contributed by atoms with Gasteiger partial charge in [-0.25, -0.2) is 4.68 Å². The highest BCUT2D eigenvalue weighted by molar-refractivity contribution is 7.99. The number of fused-ring (bicyclic) bond motifs is 1. The molecule has 0 fully saturated rings. The van der Waals surface area contributed by atoms with Crippen molar-refractivity contribution in [3.63, 3.8) is 0 Å². The maximum absolute atomic E-state index is 13.1. The number of hydrogen-bond donors (Lipinski definition) is 0. The Balaban J connectivity index is 1.52. The van der Waals surface area contributed by atoms with Crippen molar-refractivity contribution in [2.75, 3.05) is 0 Å². The fourth-order valence-electron chi connectivity index (χ4n) is 3.63. The van der Waals surface area contributed by atoms with Gasteiger partial charge in [-0.05, 0) is 30.2 Å². The van der Waals surface area contributed by atoms with Gasteiger partial charge in [-0.3, -0.25) is 4.79 Å². The van der Waals surface area contributed by atoms with Crippen LogP contribution in [0.2, 0.25) is 5.02 Å². The van der Waals surface area contributed by atoms with Crippen molar-refractivity contribution in [3.05, 3.63) is 105 Å². The summed E-state index contributed by atoms with van der Waals surface area (Å²) in [6.45, 7) is 2.38. The number of thioether (sulfide) groups is 1. The first-order chi connectivity index (χ1) is 16.1. The fourth-order valence-corrected chi connectivity index (χ4v) is 4.84. The molecule has 1 atom stereocenters. The van der Waals surface area contributed by atoms with Gasteiger partial charge >= 0.3 is 0 Å². The van der Waals surface area contributed by atoms with E-state index in [2.05, 4.69) is 15.3 Å². The molecule has 0 N–H and O–H groups in total. The van der Waals surface area contributed by atoms with Gasteiger partial charge in [0.05, 0.1) is 11.9 Å². The van der Waals surface area contributed by atoms with Crippen LogP contribution < -0.4 is 5.56 Å². The summed E-state index contributed by atoms with van der Waals surface area (Å²) in [5.41, 5.74) is 2.28. The zero-order valence-electron chi connectivity index (χ0n) is 17.7. The number of benzene rings is 3. The van der Waals surface area contributed by atoms with Gasteiger partial charge < -0.3 is 4.42 Å². The van der Waals surface area contributed by atoms with Crippen LogP contribution in [0.1, 0.15) is 23.3 Å². The third-order valence-electron chi connectivity index (χ3n) is 5.27. The first-order valence-corrected chi connectivity index (χ1v) is 11.6. The zero-order valence-corrected chi connectivity index (χ0v) is 19.3. The molecule has 5 aromatic rings. The van der Waals surface area contributed by atoms with Crippen molar-refractivity contribution < 1.29 is 4.42 Å². The van der Waals surface area contributed by atoms with E-state index in [4.69, 9.17) is 16.0 Å². The Kier molecular flexibility index (Phi) is 5.98. The highest BCUT2D eigenvalue weighted by Gasteiger charge is 2.20. The lowest BCUT2D eigenvalue weighted by molar-refractivity contribution is 0.462. The van der Waals surface area contributed by atoms with Crippen LogP contribution in [0.5, 0.6) is 0 Å². The second-order valence-corrected chi connectivity index (χ2v) is 9.20. The standard InChI is InChI=1S/C25H19ClN4O2S/c1-16(18-11-7-8-14-21(18)26)33-25-28-27-23(32-25)22-19-12-5-6-13-20(19)24(31)30(29-22)15-17-9-3-2-4-10-17/h2-14,16H,15H2,1H3. The van der Waals surface area contributed by atoms with Crippen LogP contribution in [0.15, 0.2) is 93.3 Å². The quantitative estimate of drug-likeness (QED) is 0.281. The molecule has 0 radical (unpaired) electrons. The van der Waals surface area contributed by atoms with Crippen LogP contribution in [0.25, 0.3) is 22.4 Å². The first kappa shape index (κ1) is 21.4. The predicted molar refractivity (Wildman–Crippen MR) is 131 cm³/mol. The summed E-state index contributed by atoms with van der Waals surface area (Å²) in [5.74, 6) is 0.266. The lowest BCUT2D eigenvalue weighted by Gasteiger charge is -2.10. The van der Waals surface area contributed by atoms with E-state index in [9.17, 15) is 4.79 Å². The molecule has 5 rings (SSSR count). The Bertz CT molecular complexity index is 1480. The van der Waals surface area contributed by atoms with Crippen LogP contribution in [0, 0.1) is 0 Å². The summed E-state index contributed by atoms with van der Waals surface area (Å²) in [6, 6.07) is 24.7. The SMILES string of the molecule is CC(Sc1nnc(-c2nn(Cc3ccccc3)c(=O)c3ccccc23)o1)c1ccccc1Cl. The third-order valence-corrected chi connectivity index (χ3v) is 6.59. The number of aromatic nitrogens is 4. The van der Waals surface area contributed by atoms with Gasteiger partial charge in [0.15, 0.2) is 5.69 Å². The third kappa shape index (κ3) is 4.42. The zero-order chi connectivity index (χ0) is 22.8. The Morgan fingerprint density at radius 2 is 1.64 bits per heavy atom. The van der Waals surface area contributed by atoms with Crippen LogP contribution in [0.3, 0.4) is 0 Å². The summed E-state index contributed by atoms with van der Waals surface area (Å²) in [7, 11) is 0. The van der Waals surface area contributed by atoms with Gasteiger partial charge in [-0.2, -0.15) is 5.10 Å². The van der Waals surface area contributed by atoms with E-state index in [1.807, 2.05) is 79.7 Å². The Hall–Kier alpha value is -3.42. The number of hydrogen-bond acceptors (Lipinski definition) is 6. The lowest BCUT2D eigenvalue weighted by Crippen LogP contribution is -2.24. The smallest absolute Gasteiger partial charge is 0.277 e. The Morgan fingerprint density at radius 3 is 2.42 bits per heavy atom. The van der Waals surface area contributed by atoms with E-state index >= 15 is 0 Å². The van der Waals surface area contributed by atoms with E-state index in [1.54, 1.807) is 6.07 Å². The van der Waals surface area contributed by atoms with Crippen molar-refractivity contribution in [2.24, 2.45) is 0 Å². The average Bonchev–Trinajstić information content (AvgIpc) is 3.30. The Labute approximate surface area is 199 Å². The first-order valence-electron chi connectivity index (χ1n) is 10.4. The van der Waals surface area contributed by atoms with Crippen molar-refractivity contribution >= 4 is 34.1 Å². The van der Waals surface area contributed by atoms with Crippen molar-refractivity contribution in [2.45, 2.75) is 23.9 Å². The fraction of sp³-hybridized carbons (Fsp3) is 0.120. The van der Waals surface area contributed by atoms with Crippen LogP contribution >= 0.6 is 23.4 Å². The normalized spacial score (nSPS) is 12.2. The Morgan fingerprint density at radius 1 is 0.939 bits per heavy atom. The highest BCUT2D eigenvalue weighted by atomic mass is 35.5.